The fourth-order valence-corrected chi connectivity index (χ4v) is 5.58. The van der Waals surface area contributed by atoms with E-state index >= 15 is 0 Å². The van der Waals surface area contributed by atoms with Crippen molar-refractivity contribution in [3.8, 4) is 11.5 Å². The average molecular weight is 636 g/mol. The Balaban J connectivity index is 3.20. The minimum absolute atomic E-state index is 0.116. The van der Waals surface area contributed by atoms with Gasteiger partial charge < -0.3 is 0 Å². The van der Waals surface area contributed by atoms with Crippen LogP contribution in [0.4, 0.5) is 5.69 Å². The van der Waals surface area contributed by atoms with Crippen LogP contribution in [0.1, 0.15) is 13.3 Å². The predicted molar refractivity (Wildman–Crippen MR) is 62.7 cm³/mol. The number of ketones is 1. The van der Waals surface area contributed by atoms with Gasteiger partial charge in [-0.1, -0.05) is 0 Å². The molecule has 0 unspecified atom stereocenters. The fourth-order valence-electron chi connectivity index (χ4n) is 1.69. The molecule has 0 fully saturated rings. The number of methoxy groups -OCH3 is 2. The molecule has 19 heavy (non-hydrogen) atoms. The summed E-state index contributed by atoms with van der Waals surface area (Å²) in [6.45, 7) is 1.40. The van der Waals surface area contributed by atoms with E-state index in [0.717, 1.165) is 11.9 Å². The third-order valence-corrected chi connectivity index (χ3v) is 7.29. The van der Waals surface area contributed by atoms with E-state index in [-0.39, 0.29) is 44.2 Å². The topological polar surface area (TPSA) is 64.6 Å². The van der Waals surface area contributed by atoms with Crippen LogP contribution in [0.25, 0.3) is 0 Å². The first-order valence-corrected chi connectivity index (χ1v) is 11.1. The van der Waals surface area contributed by atoms with Gasteiger partial charge in [0, 0.05) is 0 Å². The normalized spacial score (nSPS) is 10.1. The molecule has 0 spiro atoms. The Labute approximate surface area is 144 Å². The number of benzene rings is 1. The van der Waals surface area contributed by atoms with Gasteiger partial charge in [0.15, 0.2) is 0 Å². The van der Waals surface area contributed by atoms with Gasteiger partial charge in [0.25, 0.3) is 0 Å². The summed E-state index contributed by atoms with van der Waals surface area (Å²) in [6, 6.07) is 1.98. The van der Waals surface area contributed by atoms with Crippen LogP contribution in [0.15, 0.2) is 6.07 Å². The van der Waals surface area contributed by atoms with E-state index in [1.54, 1.807) is 14.2 Å². The van der Waals surface area contributed by atoms with Crippen LogP contribution in [0.3, 0.4) is 0 Å². The summed E-state index contributed by atoms with van der Waals surface area (Å²) < 4.78 is 12.8. The second-order valence-electron chi connectivity index (χ2n) is 4.05. The number of hydrogen-bond acceptors (Lipinski definition) is 4. The first kappa shape index (κ1) is 16.9. The number of hydrogen-bond donors (Lipinski definition) is 1. The fraction of sp³-hybridized carbons (Fsp3) is 0.333. The molecule has 1 N–H and O–H groups in total. The molecule has 0 bridgehead atoms. The van der Waals surface area contributed by atoms with Gasteiger partial charge in [-0.3, -0.25) is 0 Å². The molecule has 0 aromatic heterocycles. The zero-order valence-corrected chi connectivity index (χ0v) is 22.3. The van der Waals surface area contributed by atoms with Crippen LogP contribution in [0, 0.1) is 0 Å². The van der Waals surface area contributed by atoms with E-state index in [4.69, 9.17) is 9.47 Å². The first-order chi connectivity index (χ1) is 8.90. The molecule has 0 saturated heterocycles. The van der Waals surface area contributed by atoms with E-state index in [1.807, 2.05) is 6.07 Å². The summed E-state index contributed by atoms with van der Waals surface area (Å²) in [5.41, 5.74) is 0.682. The Hall–Kier alpha value is -0.170. The zero-order chi connectivity index (χ0) is 14.6. The van der Waals surface area contributed by atoms with E-state index < -0.39 is 0 Å². The van der Waals surface area contributed by atoms with Crippen LogP contribution < -0.4 is 20.9 Å². The molecule has 1 amide bonds. The number of nitrogens with one attached hydrogen (secondary N) is 1. The average Bonchev–Trinajstić information content (AvgIpc) is 2.32. The van der Waals surface area contributed by atoms with Gasteiger partial charge in [0.05, 0.1) is 0 Å². The van der Waals surface area contributed by atoms with Gasteiger partial charge in [-0.25, -0.2) is 0 Å². The third-order valence-electron chi connectivity index (χ3n) is 2.52. The third kappa shape index (κ3) is 4.41. The van der Waals surface area contributed by atoms with Gasteiger partial charge in [-0.2, -0.15) is 0 Å². The quantitative estimate of drug-likeness (QED) is 0.365. The molecule has 1 aromatic carbocycles. The molecule has 7 heteroatoms. The first-order valence-electron chi connectivity index (χ1n) is 5.62. The molecule has 0 radical (unpaired) electrons. The van der Waals surface area contributed by atoms with Crippen molar-refractivity contribution < 1.29 is 71.3 Å². The van der Waals surface area contributed by atoms with Gasteiger partial charge >= 0.3 is 145 Å². The van der Waals surface area contributed by atoms with Crippen molar-refractivity contribution in [2.24, 2.45) is 0 Å². The van der Waals surface area contributed by atoms with Crippen LogP contribution in [-0.4, -0.2) is 25.9 Å². The van der Waals surface area contributed by atoms with Crippen molar-refractivity contribution in [3.05, 3.63) is 6.07 Å². The van der Waals surface area contributed by atoms with Crippen LogP contribution in [0.2, 0.25) is 0 Å². The van der Waals surface area contributed by atoms with Crippen molar-refractivity contribution in [2.75, 3.05) is 19.5 Å². The molecule has 0 atom stereocenters. The number of Topliss-reactive ketones (excluding diaryl/α,β-unsaturated/α-hetero) is 1. The van der Waals surface area contributed by atoms with Gasteiger partial charge in [0.1, 0.15) is 0 Å². The van der Waals surface area contributed by atoms with Crippen molar-refractivity contribution in [3.63, 3.8) is 0 Å². The molecule has 0 aliphatic carbocycles. The van der Waals surface area contributed by atoms with Gasteiger partial charge in [-0.15, -0.1) is 0 Å². The van der Waals surface area contributed by atoms with Crippen LogP contribution >= 0.6 is 0 Å². The zero-order valence-electron chi connectivity index (χ0n) is 11.3. The maximum absolute atomic E-state index is 11.8. The van der Waals surface area contributed by atoms with Gasteiger partial charge in [0.2, 0.25) is 0 Å². The van der Waals surface area contributed by atoms with Crippen LogP contribution in [-0.2, 0) is 61.8 Å². The summed E-state index contributed by atoms with van der Waals surface area (Å²) in [5, 5.41) is 2.79. The molecule has 1 rings (SSSR count). The van der Waals surface area contributed by atoms with E-state index in [0.29, 0.717) is 37.6 Å². The van der Waals surface area contributed by atoms with Crippen LogP contribution in [0.5, 0.6) is 11.5 Å². The SMILES string of the molecule is COc1c[c]([Hg])c(OC)c(NC(=O)CC(C)=O)[c]1[Hg]. The monoisotopic (exact) mass is 639 g/mol. The molecule has 5 nitrogen and oxygen atoms in total. The Morgan fingerprint density at radius 2 is 1.89 bits per heavy atom. The maximum atomic E-state index is 11.8. The Morgan fingerprint density at radius 1 is 1.26 bits per heavy atom. The number of ether oxygens (including phenoxy) is 2. The second kappa shape index (κ2) is 7.57. The van der Waals surface area contributed by atoms with Crippen molar-refractivity contribution >= 4 is 23.5 Å². The predicted octanol–water partition coefficient (Wildman–Crippen LogP) is -0.0344. The molecule has 0 aliphatic heterocycles. The van der Waals surface area contributed by atoms with E-state index in [2.05, 4.69) is 5.32 Å². The van der Waals surface area contributed by atoms with Crippen molar-refractivity contribution in [1.29, 1.82) is 0 Å². The Morgan fingerprint density at radius 3 is 2.37 bits per heavy atom. The Bertz CT molecular complexity index is 517. The van der Waals surface area contributed by atoms with Crippen molar-refractivity contribution in [1.82, 2.24) is 0 Å². The number of carbonyl (C=O) groups excluding carboxylic acids is 2. The summed E-state index contributed by atoms with van der Waals surface area (Å²) >= 11 is 0.596. The molecular formula is C12H13Hg2NO4. The molecule has 0 heterocycles. The molecule has 0 saturated carbocycles. The molecule has 1 aromatic rings. The molecule has 0 aliphatic rings. The minimum atomic E-state index is -0.307. The summed E-state index contributed by atoms with van der Waals surface area (Å²) in [6.07, 6.45) is -0.116. The molecular weight excluding hydrogens is 623 g/mol. The number of rotatable bonds is 5. The summed E-state index contributed by atoms with van der Waals surface area (Å²) in [4.78, 5) is 22.7. The molecule has 94 valence electrons. The van der Waals surface area contributed by atoms with Crippen molar-refractivity contribution in [2.45, 2.75) is 13.3 Å². The summed E-state index contributed by atoms with van der Waals surface area (Å²) in [7, 11) is 3.21. The van der Waals surface area contributed by atoms with E-state index in [1.165, 1.54) is 6.92 Å². The Kier molecular flexibility index (Phi) is 6.73. The number of carbonyl (C=O) groups is 2. The van der Waals surface area contributed by atoms with Gasteiger partial charge in [-0.05, 0) is 0 Å². The number of anilines is 1. The van der Waals surface area contributed by atoms with E-state index in [9.17, 15) is 9.59 Å². The second-order valence-corrected chi connectivity index (χ2v) is 9.76. The standard InChI is InChI=1S/C12H13NO4.2Hg/c1-8(14)6-12(15)13-10-7-9(16-2)4-5-11(10)17-3;;/h4H,6H2,1-3H3,(H,13,15);;. The number of amides is 1. The summed E-state index contributed by atoms with van der Waals surface area (Å²) in [5.74, 6) is 1.05.